The predicted octanol–water partition coefficient (Wildman–Crippen LogP) is 2.99. The molecule has 0 aliphatic heterocycles. The van der Waals surface area contributed by atoms with E-state index in [1.54, 1.807) is 25.9 Å². The number of carbonyl (C=O) groups excluding carboxylic acids is 1. The molecular weight excluding hydrogens is 290 g/mol. The molecule has 2 N–H and O–H groups in total. The summed E-state index contributed by atoms with van der Waals surface area (Å²) < 4.78 is 0. The van der Waals surface area contributed by atoms with Gasteiger partial charge < -0.3 is 15.0 Å². The molecule has 3 aromatic rings. The van der Waals surface area contributed by atoms with Crippen molar-refractivity contribution in [2.45, 2.75) is 13.0 Å². The lowest BCUT2D eigenvalue weighted by atomic mass is 10.0. The number of nitrogens with one attached hydrogen (secondary N) is 1. The second-order valence-electron chi connectivity index (χ2n) is 5.81. The lowest BCUT2D eigenvalue weighted by Gasteiger charge is -2.10. The van der Waals surface area contributed by atoms with Gasteiger partial charge in [0.25, 0.3) is 5.91 Å². The summed E-state index contributed by atoms with van der Waals surface area (Å²) in [7, 11) is 3.48. The van der Waals surface area contributed by atoms with Crippen molar-refractivity contribution in [3.63, 3.8) is 0 Å². The van der Waals surface area contributed by atoms with Gasteiger partial charge in [0.2, 0.25) is 0 Å². The fourth-order valence-corrected chi connectivity index (χ4v) is 2.47. The van der Waals surface area contributed by atoms with Crippen molar-refractivity contribution < 1.29 is 9.90 Å². The van der Waals surface area contributed by atoms with Crippen molar-refractivity contribution in [2.75, 3.05) is 14.1 Å². The first-order chi connectivity index (χ1) is 11.0. The number of amides is 1. The number of imidazole rings is 1. The van der Waals surface area contributed by atoms with Crippen LogP contribution in [0.5, 0.6) is 0 Å². The Hall–Kier alpha value is -2.66. The van der Waals surface area contributed by atoms with Crippen molar-refractivity contribution in [3.8, 4) is 11.1 Å². The zero-order valence-corrected chi connectivity index (χ0v) is 13.4. The topological polar surface area (TPSA) is 69.2 Å². The third-order valence-electron chi connectivity index (χ3n) is 3.77. The highest BCUT2D eigenvalue weighted by molar-refractivity contribution is 5.94. The number of rotatable bonds is 3. The Morgan fingerprint density at radius 2 is 1.78 bits per heavy atom. The lowest BCUT2D eigenvalue weighted by Crippen LogP contribution is -2.21. The van der Waals surface area contributed by atoms with Gasteiger partial charge in [-0.1, -0.05) is 18.2 Å². The quantitative estimate of drug-likeness (QED) is 0.781. The van der Waals surface area contributed by atoms with E-state index in [0.717, 1.165) is 22.2 Å². The van der Waals surface area contributed by atoms with Crippen molar-refractivity contribution >= 4 is 16.9 Å². The molecule has 5 nitrogen and oxygen atoms in total. The van der Waals surface area contributed by atoms with Crippen LogP contribution < -0.4 is 0 Å². The molecule has 2 aromatic carbocycles. The molecular formula is C18H19N3O2. The first-order valence-electron chi connectivity index (χ1n) is 7.45. The number of aliphatic hydroxyl groups is 1. The maximum absolute atomic E-state index is 11.9. The molecule has 0 radical (unpaired) electrons. The van der Waals surface area contributed by atoms with Crippen LogP contribution in [0.4, 0.5) is 0 Å². The van der Waals surface area contributed by atoms with Gasteiger partial charge in [0.1, 0.15) is 11.9 Å². The number of aromatic amines is 1. The number of H-pyrrole nitrogens is 1. The molecule has 0 fully saturated rings. The van der Waals surface area contributed by atoms with Crippen molar-refractivity contribution in [1.82, 2.24) is 14.9 Å². The van der Waals surface area contributed by atoms with Crippen LogP contribution in [-0.2, 0) is 0 Å². The van der Waals surface area contributed by atoms with Gasteiger partial charge in [-0.15, -0.1) is 0 Å². The Labute approximate surface area is 134 Å². The second-order valence-corrected chi connectivity index (χ2v) is 5.81. The molecule has 0 unspecified atom stereocenters. The number of benzene rings is 2. The molecule has 3 rings (SSSR count). The maximum Gasteiger partial charge on any atom is 0.253 e. The minimum Gasteiger partial charge on any atom is -0.385 e. The van der Waals surface area contributed by atoms with Crippen LogP contribution in [-0.4, -0.2) is 40.0 Å². The summed E-state index contributed by atoms with van der Waals surface area (Å²) in [5.41, 5.74) is 4.42. The smallest absolute Gasteiger partial charge is 0.253 e. The minimum atomic E-state index is -0.623. The highest BCUT2D eigenvalue weighted by Gasteiger charge is 2.10. The van der Waals surface area contributed by atoms with Gasteiger partial charge in [0.15, 0.2) is 0 Å². The number of fused-ring (bicyclic) bond motifs is 1. The van der Waals surface area contributed by atoms with Crippen LogP contribution in [0.15, 0.2) is 42.5 Å². The van der Waals surface area contributed by atoms with Crippen LogP contribution in [0.2, 0.25) is 0 Å². The Kier molecular flexibility index (Phi) is 3.88. The molecule has 0 aliphatic rings. The largest absolute Gasteiger partial charge is 0.385 e. The minimum absolute atomic E-state index is 0.0119. The van der Waals surface area contributed by atoms with Gasteiger partial charge in [0, 0.05) is 19.7 Å². The number of hydrogen-bond acceptors (Lipinski definition) is 3. The van der Waals surface area contributed by atoms with E-state index in [0.29, 0.717) is 11.4 Å². The molecule has 0 saturated carbocycles. The fourth-order valence-electron chi connectivity index (χ4n) is 2.47. The molecule has 1 atom stereocenters. The van der Waals surface area contributed by atoms with E-state index in [9.17, 15) is 9.90 Å². The summed E-state index contributed by atoms with van der Waals surface area (Å²) >= 11 is 0. The molecule has 0 aliphatic carbocycles. The van der Waals surface area contributed by atoms with E-state index >= 15 is 0 Å². The Morgan fingerprint density at radius 3 is 2.39 bits per heavy atom. The van der Waals surface area contributed by atoms with Gasteiger partial charge in [0.05, 0.1) is 11.0 Å². The van der Waals surface area contributed by atoms with Gasteiger partial charge in [-0.05, 0) is 42.3 Å². The van der Waals surface area contributed by atoms with Crippen LogP contribution in [0.1, 0.15) is 29.2 Å². The monoisotopic (exact) mass is 309 g/mol. The number of nitrogens with zero attached hydrogens (tertiary/aromatic N) is 2. The Bertz CT molecular complexity index is 848. The Balaban J connectivity index is 1.95. The molecule has 1 heterocycles. The molecule has 118 valence electrons. The number of hydrogen-bond donors (Lipinski definition) is 2. The van der Waals surface area contributed by atoms with E-state index in [4.69, 9.17) is 0 Å². The third kappa shape index (κ3) is 2.96. The van der Waals surface area contributed by atoms with E-state index in [-0.39, 0.29) is 5.91 Å². The molecule has 0 saturated heterocycles. The standard InChI is InChI=1S/C18H19N3O2/c1-11(22)17-19-15-9-8-14(10-16(15)20-17)12-4-6-13(7-5-12)18(23)21(2)3/h4-11,22H,1-3H3,(H,19,20)/t11-/m1/s1. The summed E-state index contributed by atoms with van der Waals surface area (Å²) in [5, 5.41) is 9.61. The van der Waals surface area contributed by atoms with E-state index in [1.165, 1.54) is 0 Å². The summed E-state index contributed by atoms with van der Waals surface area (Å²) in [6.45, 7) is 1.68. The second kappa shape index (κ2) is 5.85. The van der Waals surface area contributed by atoms with Crippen LogP contribution in [0, 0.1) is 0 Å². The van der Waals surface area contributed by atoms with Crippen LogP contribution in [0.25, 0.3) is 22.2 Å². The first kappa shape index (κ1) is 15.2. The number of carbonyl (C=O) groups is 1. The molecule has 0 spiro atoms. The molecule has 1 amide bonds. The van der Waals surface area contributed by atoms with Crippen molar-refractivity contribution in [1.29, 1.82) is 0 Å². The van der Waals surface area contributed by atoms with Gasteiger partial charge >= 0.3 is 0 Å². The SMILES string of the molecule is C[C@@H](O)c1nc2ccc(-c3ccc(C(=O)N(C)C)cc3)cc2[nH]1. The summed E-state index contributed by atoms with van der Waals surface area (Å²) in [6.07, 6.45) is -0.623. The highest BCUT2D eigenvalue weighted by Crippen LogP contribution is 2.25. The maximum atomic E-state index is 11.9. The van der Waals surface area contributed by atoms with Crippen LogP contribution >= 0.6 is 0 Å². The number of aliphatic hydroxyl groups excluding tert-OH is 1. The van der Waals surface area contributed by atoms with Gasteiger partial charge in [-0.25, -0.2) is 4.98 Å². The average Bonchev–Trinajstić information content (AvgIpc) is 2.97. The van der Waals surface area contributed by atoms with E-state index in [1.807, 2.05) is 42.5 Å². The molecule has 23 heavy (non-hydrogen) atoms. The molecule has 5 heteroatoms. The summed E-state index contributed by atoms with van der Waals surface area (Å²) in [5.74, 6) is 0.547. The zero-order valence-electron chi connectivity index (χ0n) is 13.4. The lowest BCUT2D eigenvalue weighted by molar-refractivity contribution is 0.0827. The molecule has 0 bridgehead atoms. The van der Waals surface area contributed by atoms with Crippen molar-refractivity contribution in [3.05, 3.63) is 53.9 Å². The average molecular weight is 309 g/mol. The normalized spacial score (nSPS) is 12.3. The summed E-state index contributed by atoms with van der Waals surface area (Å²) in [6, 6.07) is 13.4. The van der Waals surface area contributed by atoms with Crippen molar-refractivity contribution in [2.24, 2.45) is 0 Å². The first-order valence-corrected chi connectivity index (χ1v) is 7.45. The van der Waals surface area contributed by atoms with Gasteiger partial charge in [-0.2, -0.15) is 0 Å². The summed E-state index contributed by atoms with van der Waals surface area (Å²) in [4.78, 5) is 21.0. The fraction of sp³-hybridized carbons (Fsp3) is 0.222. The van der Waals surface area contributed by atoms with Crippen LogP contribution in [0.3, 0.4) is 0 Å². The number of aromatic nitrogens is 2. The van der Waals surface area contributed by atoms with Gasteiger partial charge in [-0.3, -0.25) is 4.79 Å². The Morgan fingerprint density at radius 1 is 1.13 bits per heavy atom. The van der Waals surface area contributed by atoms with E-state index in [2.05, 4.69) is 9.97 Å². The zero-order chi connectivity index (χ0) is 16.6. The predicted molar refractivity (Wildman–Crippen MR) is 90.2 cm³/mol. The molecule has 1 aromatic heterocycles. The highest BCUT2D eigenvalue weighted by atomic mass is 16.3. The third-order valence-corrected chi connectivity index (χ3v) is 3.77. The van der Waals surface area contributed by atoms with E-state index < -0.39 is 6.10 Å².